The topological polar surface area (TPSA) is 124 Å². The number of amides is 1. The first-order chi connectivity index (χ1) is 15.1. The van der Waals surface area contributed by atoms with E-state index < -0.39 is 28.4 Å². The number of ketones is 1. The van der Waals surface area contributed by atoms with E-state index in [4.69, 9.17) is 11.6 Å². The van der Waals surface area contributed by atoms with Crippen LogP contribution in [-0.4, -0.2) is 63.8 Å². The number of Topliss-reactive ketones (excluding diaryl/α,β-unsaturated/α-hetero) is 1. The largest absolute Gasteiger partial charge is 0.507 e. The average Bonchev–Trinajstić information content (AvgIpc) is 2.99. The normalized spacial score (nSPS) is 17.9. The van der Waals surface area contributed by atoms with Crippen LogP contribution in [0.1, 0.15) is 23.6 Å². The van der Waals surface area contributed by atoms with E-state index >= 15 is 0 Å². The van der Waals surface area contributed by atoms with Crippen molar-refractivity contribution in [3.05, 3.63) is 74.3 Å². The minimum atomic E-state index is -0.976. The summed E-state index contributed by atoms with van der Waals surface area (Å²) in [5.41, 5.74) is -0.0320. The first-order valence-corrected chi connectivity index (χ1v) is 10.2. The van der Waals surface area contributed by atoms with Crippen molar-refractivity contribution in [2.75, 3.05) is 27.2 Å². The lowest BCUT2D eigenvalue weighted by Gasteiger charge is -2.26. The number of halogens is 1. The number of aliphatic hydroxyl groups excluding tert-OH is 1. The standard InChI is InChI=1S/C22H22ClN3O6/c1-24(2)10-3-11-25-19(13-4-7-15(8-5-13)26(31)32)18(21(29)22(25)30)20(28)16-12-14(23)6-9-17(16)27/h4-9,12,19,27-28H,3,10-11H2,1-2H3/t19-/m0/s1. The van der Waals surface area contributed by atoms with E-state index in [1.807, 2.05) is 19.0 Å². The highest BCUT2D eigenvalue weighted by Gasteiger charge is 2.46. The first kappa shape index (κ1) is 23.2. The van der Waals surface area contributed by atoms with E-state index in [-0.39, 0.29) is 34.1 Å². The number of phenolic OH excluding ortho intramolecular Hbond substituents is 1. The number of hydrogen-bond acceptors (Lipinski definition) is 7. The molecule has 168 valence electrons. The van der Waals surface area contributed by atoms with Crippen LogP contribution in [0.25, 0.3) is 5.76 Å². The maximum Gasteiger partial charge on any atom is 0.295 e. The number of phenols is 1. The quantitative estimate of drug-likeness (QED) is 0.214. The summed E-state index contributed by atoms with van der Waals surface area (Å²) in [7, 11) is 3.76. The van der Waals surface area contributed by atoms with Crippen LogP contribution in [-0.2, 0) is 9.59 Å². The fourth-order valence-corrected chi connectivity index (χ4v) is 3.81. The van der Waals surface area contributed by atoms with Crippen molar-refractivity contribution in [1.29, 1.82) is 0 Å². The fourth-order valence-electron chi connectivity index (χ4n) is 3.64. The molecule has 1 aliphatic rings. The number of nitro benzene ring substituents is 1. The highest BCUT2D eigenvalue weighted by Crippen LogP contribution is 2.41. The number of carbonyl (C=O) groups excluding carboxylic acids is 2. The van der Waals surface area contributed by atoms with Crippen LogP contribution in [0, 0.1) is 10.1 Å². The van der Waals surface area contributed by atoms with Crippen LogP contribution in [0.15, 0.2) is 48.0 Å². The van der Waals surface area contributed by atoms with Gasteiger partial charge in [-0.05, 0) is 63.0 Å². The average molecular weight is 460 g/mol. The molecule has 0 bridgehead atoms. The lowest BCUT2D eigenvalue weighted by atomic mass is 9.95. The van der Waals surface area contributed by atoms with Crippen LogP contribution >= 0.6 is 11.6 Å². The van der Waals surface area contributed by atoms with Gasteiger partial charge in [0.05, 0.1) is 22.1 Å². The molecule has 10 heteroatoms. The third kappa shape index (κ3) is 4.58. The second kappa shape index (κ2) is 9.37. The maximum atomic E-state index is 12.9. The molecular weight excluding hydrogens is 438 g/mol. The maximum absolute atomic E-state index is 12.9. The zero-order chi connectivity index (χ0) is 23.6. The van der Waals surface area contributed by atoms with Crippen molar-refractivity contribution < 1.29 is 24.7 Å². The van der Waals surface area contributed by atoms with E-state index in [0.29, 0.717) is 18.5 Å². The molecule has 0 aromatic heterocycles. The van der Waals surface area contributed by atoms with Gasteiger partial charge in [0.1, 0.15) is 11.5 Å². The number of nitrogens with zero attached hydrogens (tertiary/aromatic N) is 3. The molecule has 32 heavy (non-hydrogen) atoms. The minimum absolute atomic E-state index is 0.0873. The molecule has 1 atom stereocenters. The number of aliphatic hydroxyl groups is 1. The van der Waals surface area contributed by atoms with Crippen LogP contribution in [0.5, 0.6) is 5.75 Å². The molecule has 3 rings (SSSR count). The molecule has 1 heterocycles. The first-order valence-electron chi connectivity index (χ1n) is 9.78. The lowest BCUT2D eigenvalue weighted by molar-refractivity contribution is -0.384. The summed E-state index contributed by atoms with van der Waals surface area (Å²) >= 11 is 5.98. The Morgan fingerprint density at radius 1 is 1.19 bits per heavy atom. The van der Waals surface area contributed by atoms with Crippen molar-refractivity contribution in [2.45, 2.75) is 12.5 Å². The van der Waals surface area contributed by atoms with Crippen molar-refractivity contribution in [3.8, 4) is 5.75 Å². The van der Waals surface area contributed by atoms with Gasteiger partial charge < -0.3 is 20.0 Å². The Hall–Kier alpha value is -3.43. The van der Waals surface area contributed by atoms with Crippen molar-refractivity contribution in [1.82, 2.24) is 9.80 Å². The lowest BCUT2D eigenvalue weighted by Crippen LogP contribution is -2.32. The Kier molecular flexibility index (Phi) is 6.81. The molecule has 1 amide bonds. The number of hydrogen-bond donors (Lipinski definition) is 2. The van der Waals surface area contributed by atoms with E-state index in [0.717, 1.165) is 0 Å². The van der Waals surface area contributed by atoms with Gasteiger partial charge in [-0.15, -0.1) is 0 Å². The predicted molar refractivity (Wildman–Crippen MR) is 118 cm³/mol. The van der Waals surface area contributed by atoms with Gasteiger partial charge in [-0.25, -0.2) is 0 Å². The fraction of sp³-hybridized carbons (Fsp3) is 0.273. The highest BCUT2D eigenvalue weighted by atomic mass is 35.5. The summed E-state index contributed by atoms with van der Waals surface area (Å²) in [4.78, 5) is 39.5. The second-order valence-electron chi connectivity index (χ2n) is 7.66. The Morgan fingerprint density at radius 3 is 2.44 bits per heavy atom. The van der Waals surface area contributed by atoms with Crippen molar-refractivity contribution >= 4 is 34.7 Å². The minimum Gasteiger partial charge on any atom is -0.507 e. The monoisotopic (exact) mass is 459 g/mol. The smallest absolute Gasteiger partial charge is 0.295 e. The van der Waals surface area contributed by atoms with Crippen LogP contribution < -0.4 is 0 Å². The molecular formula is C22H22ClN3O6. The Bertz CT molecular complexity index is 1100. The zero-order valence-corrected chi connectivity index (χ0v) is 18.2. The molecule has 1 saturated heterocycles. The van der Waals surface area contributed by atoms with Gasteiger partial charge >= 0.3 is 0 Å². The molecule has 1 fully saturated rings. The molecule has 0 saturated carbocycles. The van der Waals surface area contributed by atoms with Gasteiger partial charge in [0.25, 0.3) is 17.4 Å². The third-order valence-corrected chi connectivity index (χ3v) is 5.41. The Balaban J connectivity index is 2.14. The number of nitro groups is 1. The van der Waals surface area contributed by atoms with Gasteiger partial charge in [-0.1, -0.05) is 11.6 Å². The van der Waals surface area contributed by atoms with Crippen molar-refractivity contribution in [3.63, 3.8) is 0 Å². The van der Waals surface area contributed by atoms with E-state index in [1.54, 1.807) is 0 Å². The molecule has 2 aromatic carbocycles. The van der Waals surface area contributed by atoms with Gasteiger partial charge in [-0.3, -0.25) is 19.7 Å². The van der Waals surface area contributed by atoms with E-state index in [2.05, 4.69) is 0 Å². The predicted octanol–water partition coefficient (Wildman–Crippen LogP) is 3.33. The third-order valence-electron chi connectivity index (χ3n) is 5.18. The summed E-state index contributed by atoms with van der Waals surface area (Å²) in [5, 5.41) is 32.4. The number of likely N-dealkylation sites (tertiary alicyclic amines) is 1. The van der Waals surface area contributed by atoms with Gasteiger partial charge in [-0.2, -0.15) is 0 Å². The number of non-ortho nitro benzene ring substituents is 1. The van der Waals surface area contributed by atoms with Gasteiger partial charge in [0, 0.05) is 23.7 Å². The molecule has 0 radical (unpaired) electrons. The summed E-state index contributed by atoms with van der Waals surface area (Å²) in [6.45, 7) is 0.883. The second-order valence-corrected chi connectivity index (χ2v) is 8.10. The summed E-state index contributed by atoms with van der Waals surface area (Å²) in [6, 6.07) is 8.43. The number of benzene rings is 2. The molecule has 1 aliphatic heterocycles. The molecule has 0 aliphatic carbocycles. The molecule has 9 nitrogen and oxygen atoms in total. The Labute approximate surface area is 189 Å². The SMILES string of the molecule is CN(C)CCCN1C(=O)C(=O)C(=C(O)c2cc(Cl)ccc2O)[C@@H]1c1ccc([N+](=O)[O-])cc1. The molecule has 0 spiro atoms. The number of rotatable bonds is 7. The van der Waals surface area contributed by atoms with Crippen LogP contribution in [0.3, 0.4) is 0 Å². The van der Waals surface area contributed by atoms with Crippen molar-refractivity contribution in [2.24, 2.45) is 0 Å². The van der Waals surface area contributed by atoms with Crippen LogP contribution in [0.2, 0.25) is 5.02 Å². The van der Waals surface area contributed by atoms with E-state index in [1.165, 1.54) is 47.4 Å². The summed E-state index contributed by atoms with van der Waals surface area (Å²) < 4.78 is 0. The zero-order valence-electron chi connectivity index (χ0n) is 17.5. The van der Waals surface area contributed by atoms with Gasteiger partial charge in [0.2, 0.25) is 0 Å². The molecule has 0 unspecified atom stereocenters. The summed E-state index contributed by atoms with van der Waals surface area (Å²) in [5.74, 6) is -2.58. The Morgan fingerprint density at radius 2 is 1.84 bits per heavy atom. The number of aromatic hydroxyl groups is 1. The number of carbonyl (C=O) groups is 2. The molecule has 2 aromatic rings. The molecule has 2 N–H and O–H groups in total. The van der Waals surface area contributed by atoms with E-state index in [9.17, 15) is 29.9 Å². The highest BCUT2D eigenvalue weighted by molar-refractivity contribution is 6.46. The van der Waals surface area contributed by atoms with Crippen LogP contribution in [0.4, 0.5) is 5.69 Å². The summed E-state index contributed by atoms with van der Waals surface area (Å²) in [6.07, 6.45) is 0.561. The van der Waals surface area contributed by atoms with Gasteiger partial charge in [0.15, 0.2) is 0 Å².